The van der Waals surface area contributed by atoms with E-state index < -0.39 is 0 Å². The van der Waals surface area contributed by atoms with E-state index >= 15 is 0 Å². The Balaban J connectivity index is 1.79. The zero-order chi connectivity index (χ0) is 16.9. The molecular weight excluding hydrogens is 306 g/mol. The first-order valence-corrected chi connectivity index (χ1v) is 7.26. The lowest BCUT2D eigenvalue weighted by atomic mass is 10.2. The topological polar surface area (TPSA) is 88.9 Å². The lowest BCUT2D eigenvalue weighted by molar-refractivity contribution is -0.114. The summed E-state index contributed by atoms with van der Waals surface area (Å²) in [6, 6.07) is 14.0. The Morgan fingerprint density at radius 3 is 2.42 bits per heavy atom. The molecule has 0 bridgehead atoms. The first kappa shape index (κ1) is 15.4. The van der Waals surface area contributed by atoms with E-state index in [0.717, 1.165) is 5.69 Å². The second-order valence-corrected chi connectivity index (χ2v) is 5.07. The third kappa shape index (κ3) is 3.46. The summed E-state index contributed by atoms with van der Waals surface area (Å²) in [7, 11) is 0. The lowest BCUT2D eigenvalue weighted by Gasteiger charge is -2.11. The smallest absolute Gasteiger partial charge is 0.255 e. The number of anilines is 2. The summed E-state index contributed by atoms with van der Waals surface area (Å²) in [4.78, 5) is 27.4. The molecular formula is C17H15N5O2. The van der Waals surface area contributed by atoms with E-state index in [-0.39, 0.29) is 11.8 Å². The second kappa shape index (κ2) is 6.74. The molecule has 2 N–H and O–H groups in total. The third-order valence-corrected chi connectivity index (χ3v) is 3.29. The van der Waals surface area contributed by atoms with E-state index in [9.17, 15) is 9.59 Å². The molecule has 0 saturated heterocycles. The number of hydrogen-bond donors (Lipinski definition) is 2. The van der Waals surface area contributed by atoms with Gasteiger partial charge in [0.25, 0.3) is 5.91 Å². The highest BCUT2D eigenvalue weighted by atomic mass is 16.2. The summed E-state index contributed by atoms with van der Waals surface area (Å²) in [5, 5.41) is 9.60. The summed E-state index contributed by atoms with van der Waals surface area (Å²) in [5.74, 6) is -0.411. The highest BCUT2D eigenvalue weighted by molar-refractivity contribution is 6.05. The molecule has 0 radical (unpaired) electrons. The molecule has 0 saturated carbocycles. The molecule has 2 aromatic carbocycles. The third-order valence-electron chi connectivity index (χ3n) is 3.29. The van der Waals surface area contributed by atoms with Crippen LogP contribution >= 0.6 is 0 Å². The SMILES string of the molecule is CC(=O)Nc1ccc(C(=O)Nc2ccccc2-n2cncn2)cc1. The standard InChI is InChI=1S/C17H15N5O2/c1-12(23)20-14-8-6-13(7-9-14)17(24)21-15-4-2-3-5-16(15)22-11-18-10-19-22/h2-11H,1H3,(H,20,23)(H,21,24). The van der Waals surface area contributed by atoms with E-state index in [4.69, 9.17) is 0 Å². The van der Waals surface area contributed by atoms with Gasteiger partial charge in [-0.05, 0) is 36.4 Å². The van der Waals surface area contributed by atoms with Crippen LogP contribution in [0.3, 0.4) is 0 Å². The van der Waals surface area contributed by atoms with Crippen LogP contribution in [0.15, 0.2) is 61.2 Å². The van der Waals surface area contributed by atoms with Crippen LogP contribution in [0.4, 0.5) is 11.4 Å². The Morgan fingerprint density at radius 1 is 1.00 bits per heavy atom. The van der Waals surface area contributed by atoms with Gasteiger partial charge in [0, 0.05) is 18.2 Å². The highest BCUT2D eigenvalue weighted by Gasteiger charge is 2.10. The van der Waals surface area contributed by atoms with Crippen LogP contribution in [-0.2, 0) is 4.79 Å². The maximum Gasteiger partial charge on any atom is 0.255 e. The Morgan fingerprint density at radius 2 is 1.75 bits per heavy atom. The predicted octanol–water partition coefficient (Wildman–Crippen LogP) is 2.48. The average molecular weight is 321 g/mol. The molecule has 7 nitrogen and oxygen atoms in total. The van der Waals surface area contributed by atoms with Gasteiger partial charge >= 0.3 is 0 Å². The Bertz CT molecular complexity index is 857. The minimum atomic E-state index is -0.253. The maximum absolute atomic E-state index is 12.4. The lowest BCUT2D eigenvalue weighted by Crippen LogP contribution is -2.14. The fraction of sp³-hybridized carbons (Fsp3) is 0.0588. The molecule has 120 valence electrons. The van der Waals surface area contributed by atoms with Gasteiger partial charge in [0.05, 0.1) is 11.4 Å². The quantitative estimate of drug-likeness (QED) is 0.772. The summed E-state index contributed by atoms with van der Waals surface area (Å²) < 4.78 is 1.58. The largest absolute Gasteiger partial charge is 0.326 e. The number of amides is 2. The average Bonchev–Trinajstić information content (AvgIpc) is 3.10. The van der Waals surface area contributed by atoms with Gasteiger partial charge in [0.2, 0.25) is 5.91 Å². The Labute approximate surface area is 138 Å². The molecule has 3 rings (SSSR count). The number of benzene rings is 2. The number of hydrogen-bond acceptors (Lipinski definition) is 4. The molecule has 0 aliphatic heterocycles. The summed E-state index contributed by atoms with van der Waals surface area (Å²) in [5.41, 5.74) is 2.47. The molecule has 1 aromatic heterocycles. The van der Waals surface area contributed by atoms with Gasteiger partial charge in [-0.15, -0.1) is 0 Å². The van der Waals surface area contributed by atoms with Crippen molar-refractivity contribution in [2.24, 2.45) is 0 Å². The van der Waals surface area contributed by atoms with Gasteiger partial charge in [0.15, 0.2) is 0 Å². The van der Waals surface area contributed by atoms with Crippen LogP contribution in [0, 0.1) is 0 Å². The van der Waals surface area contributed by atoms with E-state index in [1.807, 2.05) is 18.2 Å². The number of carbonyl (C=O) groups is 2. The Hall–Kier alpha value is -3.48. The molecule has 24 heavy (non-hydrogen) atoms. The fourth-order valence-electron chi connectivity index (χ4n) is 2.21. The summed E-state index contributed by atoms with van der Waals surface area (Å²) in [6.45, 7) is 1.43. The number of nitrogens with one attached hydrogen (secondary N) is 2. The molecule has 0 atom stereocenters. The van der Waals surface area contributed by atoms with Gasteiger partial charge in [-0.25, -0.2) is 9.67 Å². The molecule has 0 fully saturated rings. The first-order chi connectivity index (χ1) is 11.6. The number of aromatic nitrogens is 3. The first-order valence-electron chi connectivity index (χ1n) is 7.26. The van der Waals surface area contributed by atoms with Crippen molar-refractivity contribution in [3.63, 3.8) is 0 Å². The minimum absolute atomic E-state index is 0.158. The van der Waals surface area contributed by atoms with Crippen LogP contribution in [-0.4, -0.2) is 26.6 Å². The van der Waals surface area contributed by atoms with Gasteiger partial charge in [0.1, 0.15) is 12.7 Å². The van der Waals surface area contributed by atoms with Crippen molar-refractivity contribution < 1.29 is 9.59 Å². The zero-order valence-corrected chi connectivity index (χ0v) is 12.9. The predicted molar refractivity (Wildman–Crippen MR) is 90.1 cm³/mol. The normalized spacial score (nSPS) is 10.2. The second-order valence-electron chi connectivity index (χ2n) is 5.07. The Kier molecular flexibility index (Phi) is 4.33. The molecule has 0 unspecified atom stereocenters. The van der Waals surface area contributed by atoms with Crippen LogP contribution in [0.5, 0.6) is 0 Å². The molecule has 0 spiro atoms. The number of rotatable bonds is 4. The van der Waals surface area contributed by atoms with Crippen molar-refractivity contribution in [2.45, 2.75) is 6.92 Å². The van der Waals surface area contributed by atoms with E-state index in [1.54, 1.807) is 41.3 Å². The van der Waals surface area contributed by atoms with Crippen molar-refractivity contribution in [1.82, 2.24) is 14.8 Å². The number of nitrogens with zero attached hydrogens (tertiary/aromatic N) is 3. The van der Waals surface area contributed by atoms with Crippen LogP contribution in [0.25, 0.3) is 5.69 Å². The molecule has 2 amide bonds. The van der Waals surface area contributed by atoms with Gasteiger partial charge in [-0.1, -0.05) is 12.1 Å². The molecule has 3 aromatic rings. The molecule has 0 aliphatic carbocycles. The zero-order valence-electron chi connectivity index (χ0n) is 12.9. The van der Waals surface area contributed by atoms with Crippen LogP contribution in [0.1, 0.15) is 17.3 Å². The number of para-hydroxylation sites is 2. The maximum atomic E-state index is 12.4. The highest BCUT2D eigenvalue weighted by Crippen LogP contribution is 2.20. The van der Waals surface area contributed by atoms with Crippen molar-refractivity contribution >= 4 is 23.2 Å². The van der Waals surface area contributed by atoms with Crippen molar-refractivity contribution in [2.75, 3.05) is 10.6 Å². The number of carbonyl (C=O) groups excluding carboxylic acids is 2. The molecule has 7 heteroatoms. The van der Waals surface area contributed by atoms with Gasteiger partial charge in [-0.2, -0.15) is 5.10 Å². The minimum Gasteiger partial charge on any atom is -0.326 e. The van der Waals surface area contributed by atoms with E-state index in [0.29, 0.717) is 16.9 Å². The fourth-order valence-corrected chi connectivity index (χ4v) is 2.21. The van der Waals surface area contributed by atoms with Crippen molar-refractivity contribution in [1.29, 1.82) is 0 Å². The van der Waals surface area contributed by atoms with E-state index in [2.05, 4.69) is 20.7 Å². The van der Waals surface area contributed by atoms with Crippen molar-refractivity contribution in [3.8, 4) is 5.69 Å². The van der Waals surface area contributed by atoms with Crippen molar-refractivity contribution in [3.05, 3.63) is 66.7 Å². The van der Waals surface area contributed by atoms with Crippen LogP contribution in [0.2, 0.25) is 0 Å². The molecule has 0 aliphatic rings. The molecule has 1 heterocycles. The summed E-state index contributed by atoms with van der Waals surface area (Å²) >= 11 is 0. The van der Waals surface area contributed by atoms with E-state index in [1.165, 1.54) is 13.3 Å². The van der Waals surface area contributed by atoms with Gasteiger partial charge in [-0.3, -0.25) is 9.59 Å². The van der Waals surface area contributed by atoms with Crippen LogP contribution < -0.4 is 10.6 Å². The van der Waals surface area contributed by atoms with Gasteiger partial charge < -0.3 is 10.6 Å². The summed E-state index contributed by atoms with van der Waals surface area (Å²) in [6.07, 6.45) is 2.99. The monoisotopic (exact) mass is 321 g/mol.